The molecule has 0 saturated heterocycles. The summed E-state index contributed by atoms with van der Waals surface area (Å²) >= 11 is 0. The standard InChI is InChI=1S/C15H18N2O2/c1-5-17-11(3)15(10(2)16-17)12-6-7-14(19-4)13(8-12)9-18/h6-9H,5H2,1-4H3. The minimum Gasteiger partial charge on any atom is -0.496 e. The number of aromatic nitrogens is 2. The molecule has 0 aliphatic heterocycles. The van der Waals surface area contributed by atoms with Gasteiger partial charge in [0.1, 0.15) is 5.75 Å². The predicted molar refractivity (Wildman–Crippen MR) is 74.8 cm³/mol. The number of hydrogen-bond acceptors (Lipinski definition) is 3. The van der Waals surface area contributed by atoms with E-state index >= 15 is 0 Å². The van der Waals surface area contributed by atoms with Crippen molar-refractivity contribution in [3.05, 3.63) is 35.2 Å². The fraction of sp³-hybridized carbons (Fsp3) is 0.333. The van der Waals surface area contributed by atoms with Crippen molar-refractivity contribution in [1.82, 2.24) is 9.78 Å². The van der Waals surface area contributed by atoms with Gasteiger partial charge in [-0.3, -0.25) is 9.48 Å². The van der Waals surface area contributed by atoms with E-state index in [4.69, 9.17) is 4.74 Å². The molecular formula is C15H18N2O2. The van der Waals surface area contributed by atoms with Crippen LogP contribution in [0.15, 0.2) is 18.2 Å². The summed E-state index contributed by atoms with van der Waals surface area (Å²) in [6.45, 7) is 6.93. The van der Waals surface area contributed by atoms with E-state index in [0.717, 1.165) is 35.3 Å². The van der Waals surface area contributed by atoms with E-state index < -0.39 is 0 Å². The summed E-state index contributed by atoms with van der Waals surface area (Å²) in [6, 6.07) is 5.63. The van der Waals surface area contributed by atoms with E-state index in [2.05, 4.69) is 12.0 Å². The second-order valence-corrected chi connectivity index (χ2v) is 4.44. The van der Waals surface area contributed by atoms with E-state index in [0.29, 0.717) is 11.3 Å². The van der Waals surface area contributed by atoms with Gasteiger partial charge in [-0.05, 0) is 38.5 Å². The number of ether oxygens (including phenoxy) is 1. The fourth-order valence-electron chi connectivity index (χ4n) is 2.40. The zero-order valence-corrected chi connectivity index (χ0v) is 11.7. The lowest BCUT2D eigenvalue weighted by molar-refractivity contribution is 0.112. The Labute approximate surface area is 113 Å². The smallest absolute Gasteiger partial charge is 0.153 e. The van der Waals surface area contributed by atoms with Crippen LogP contribution < -0.4 is 4.74 Å². The number of nitrogens with zero attached hydrogens (tertiary/aromatic N) is 2. The SMILES string of the molecule is CCn1nc(C)c(-c2ccc(OC)c(C=O)c2)c1C. The molecule has 4 heteroatoms. The molecule has 4 nitrogen and oxygen atoms in total. The Kier molecular flexibility index (Phi) is 3.69. The van der Waals surface area contributed by atoms with Crippen LogP contribution >= 0.6 is 0 Å². The molecule has 100 valence electrons. The average Bonchev–Trinajstić information content (AvgIpc) is 2.72. The van der Waals surface area contributed by atoms with E-state index in [1.807, 2.05) is 36.7 Å². The molecule has 19 heavy (non-hydrogen) atoms. The molecule has 1 heterocycles. The maximum atomic E-state index is 11.1. The Bertz CT molecular complexity index is 615. The molecule has 0 amide bonds. The third-order valence-corrected chi connectivity index (χ3v) is 3.33. The summed E-state index contributed by atoms with van der Waals surface area (Å²) in [4.78, 5) is 11.1. The van der Waals surface area contributed by atoms with Gasteiger partial charge in [-0.2, -0.15) is 5.10 Å². The number of hydrogen-bond donors (Lipinski definition) is 0. The van der Waals surface area contributed by atoms with Crippen molar-refractivity contribution in [3.63, 3.8) is 0 Å². The first-order chi connectivity index (χ1) is 9.12. The molecule has 1 aromatic heterocycles. The summed E-state index contributed by atoms with van der Waals surface area (Å²) in [5.41, 5.74) is 4.73. The molecule has 0 fully saturated rings. The Morgan fingerprint density at radius 3 is 2.63 bits per heavy atom. The molecule has 0 spiro atoms. The van der Waals surface area contributed by atoms with E-state index in [9.17, 15) is 4.79 Å². The third kappa shape index (κ3) is 2.26. The maximum Gasteiger partial charge on any atom is 0.153 e. The van der Waals surface area contributed by atoms with Crippen molar-refractivity contribution in [2.24, 2.45) is 0 Å². The molecular weight excluding hydrogens is 240 g/mol. The van der Waals surface area contributed by atoms with Crippen LogP contribution in [-0.2, 0) is 6.54 Å². The van der Waals surface area contributed by atoms with Crippen LogP contribution in [0.2, 0.25) is 0 Å². The Morgan fingerprint density at radius 1 is 1.37 bits per heavy atom. The minimum atomic E-state index is 0.558. The number of carbonyl (C=O) groups excluding carboxylic acids is 1. The lowest BCUT2D eigenvalue weighted by Crippen LogP contribution is -1.98. The normalized spacial score (nSPS) is 10.5. The van der Waals surface area contributed by atoms with Gasteiger partial charge in [-0.1, -0.05) is 6.07 Å². The van der Waals surface area contributed by atoms with Gasteiger partial charge < -0.3 is 4.74 Å². The van der Waals surface area contributed by atoms with Gasteiger partial charge >= 0.3 is 0 Å². The topological polar surface area (TPSA) is 44.1 Å². The zero-order chi connectivity index (χ0) is 14.0. The first-order valence-electron chi connectivity index (χ1n) is 6.30. The minimum absolute atomic E-state index is 0.558. The number of aldehydes is 1. The first-order valence-corrected chi connectivity index (χ1v) is 6.30. The van der Waals surface area contributed by atoms with Gasteiger partial charge in [-0.25, -0.2) is 0 Å². The van der Waals surface area contributed by atoms with Crippen molar-refractivity contribution in [2.75, 3.05) is 7.11 Å². The quantitative estimate of drug-likeness (QED) is 0.792. The van der Waals surface area contributed by atoms with Crippen LogP contribution in [0, 0.1) is 13.8 Å². The molecule has 0 saturated carbocycles. The highest BCUT2D eigenvalue weighted by Crippen LogP contribution is 2.30. The first kappa shape index (κ1) is 13.3. The van der Waals surface area contributed by atoms with Crippen molar-refractivity contribution >= 4 is 6.29 Å². The molecule has 0 atom stereocenters. The van der Waals surface area contributed by atoms with Crippen molar-refractivity contribution in [1.29, 1.82) is 0 Å². The molecule has 0 bridgehead atoms. The summed E-state index contributed by atoms with van der Waals surface area (Å²) in [5.74, 6) is 0.594. The van der Waals surface area contributed by atoms with Crippen LogP contribution in [0.5, 0.6) is 5.75 Å². The molecule has 2 aromatic rings. The van der Waals surface area contributed by atoms with Crippen LogP contribution in [0.1, 0.15) is 28.7 Å². The van der Waals surface area contributed by atoms with Crippen LogP contribution in [0.3, 0.4) is 0 Å². The van der Waals surface area contributed by atoms with Crippen molar-refractivity contribution in [3.8, 4) is 16.9 Å². The van der Waals surface area contributed by atoms with Crippen LogP contribution in [0.4, 0.5) is 0 Å². The predicted octanol–water partition coefficient (Wildman–Crippen LogP) is 3.01. The number of methoxy groups -OCH3 is 1. The number of rotatable bonds is 4. The molecule has 0 radical (unpaired) electrons. The Hall–Kier alpha value is -2.10. The van der Waals surface area contributed by atoms with Crippen molar-refractivity contribution < 1.29 is 9.53 Å². The van der Waals surface area contributed by atoms with E-state index in [1.54, 1.807) is 7.11 Å². The molecule has 0 N–H and O–H groups in total. The van der Waals surface area contributed by atoms with Gasteiger partial charge in [-0.15, -0.1) is 0 Å². The van der Waals surface area contributed by atoms with Gasteiger partial charge in [0.05, 0.1) is 18.4 Å². The fourth-order valence-corrected chi connectivity index (χ4v) is 2.40. The molecule has 1 aromatic carbocycles. The van der Waals surface area contributed by atoms with Crippen molar-refractivity contribution in [2.45, 2.75) is 27.3 Å². The van der Waals surface area contributed by atoms with Gasteiger partial charge in [0.2, 0.25) is 0 Å². The number of aryl methyl sites for hydroxylation is 2. The highest BCUT2D eigenvalue weighted by molar-refractivity contribution is 5.83. The van der Waals surface area contributed by atoms with Gasteiger partial charge in [0.15, 0.2) is 6.29 Å². The zero-order valence-electron chi connectivity index (χ0n) is 11.7. The highest BCUT2D eigenvalue weighted by Gasteiger charge is 2.14. The summed E-state index contributed by atoms with van der Waals surface area (Å²) in [5, 5.41) is 4.50. The Balaban J connectivity index is 2.59. The van der Waals surface area contributed by atoms with E-state index in [1.165, 1.54) is 0 Å². The lowest BCUT2D eigenvalue weighted by atomic mass is 10.0. The monoisotopic (exact) mass is 258 g/mol. The maximum absolute atomic E-state index is 11.1. The second kappa shape index (κ2) is 5.26. The molecule has 2 rings (SSSR count). The number of carbonyl (C=O) groups is 1. The number of benzene rings is 1. The third-order valence-electron chi connectivity index (χ3n) is 3.33. The Morgan fingerprint density at radius 2 is 2.11 bits per heavy atom. The summed E-state index contributed by atoms with van der Waals surface area (Å²) in [6.07, 6.45) is 0.817. The highest BCUT2D eigenvalue weighted by atomic mass is 16.5. The average molecular weight is 258 g/mol. The second-order valence-electron chi connectivity index (χ2n) is 4.44. The van der Waals surface area contributed by atoms with Gasteiger partial charge in [0, 0.05) is 17.8 Å². The van der Waals surface area contributed by atoms with Gasteiger partial charge in [0.25, 0.3) is 0 Å². The summed E-state index contributed by atoms with van der Waals surface area (Å²) in [7, 11) is 1.56. The van der Waals surface area contributed by atoms with Crippen LogP contribution in [-0.4, -0.2) is 23.2 Å². The van der Waals surface area contributed by atoms with Crippen LogP contribution in [0.25, 0.3) is 11.1 Å². The molecule has 0 aliphatic rings. The molecule has 0 unspecified atom stereocenters. The lowest BCUT2D eigenvalue weighted by Gasteiger charge is -2.07. The van der Waals surface area contributed by atoms with E-state index in [-0.39, 0.29) is 0 Å². The largest absolute Gasteiger partial charge is 0.496 e. The summed E-state index contributed by atoms with van der Waals surface area (Å²) < 4.78 is 7.13. The molecule has 0 aliphatic carbocycles.